The van der Waals surface area contributed by atoms with Gasteiger partial charge in [-0.1, -0.05) is 6.07 Å². The van der Waals surface area contributed by atoms with Crippen LogP contribution in [0.2, 0.25) is 0 Å². The highest BCUT2D eigenvalue weighted by molar-refractivity contribution is 7.89. The lowest BCUT2D eigenvalue weighted by molar-refractivity contribution is -0.137. The summed E-state index contributed by atoms with van der Waals surface area (Å²) in [7, 11) is -4.05. The number of alkyl halides is 3. The van der Waals surface area contributed by atoms with Crippen molar-refractivity contribution in [2.45, 2.75) is 36.6 Å². The molecule has 0 aromatic heterocycles. The van der Waals surface area contributed by atoms with Gasteiger partial charge in [0.15, 0.2) is 0 Å². The van der Waals surface area contributed by atoms with Crippen molar-refractivity contribution in [1.29, 1.82) is 0 Å². The van der Waals surface area contributed by atoms with Gasteiger partial charge in [0.1, 0.15) is 17.7 Å². The average molecular weight is 458 g/mol. The molecule has 168 valence electrons. The highest BCUT2D eigenvalue weighted by Crippen LogP contribution is 2.33. The van der Waals surface area contributed by atoms with Crippen LogP contribution in [-0.4, -0.2) is 55.9 Å². The first-order valence-corrected chi connectivity index (χ1v) is 11.3. The van der Waals surface area contributed by atoms with E-state index in [1.165, 1.54) is 16.4 Å². The van der Waals surface area contributed by atoms with Crippen molar-refractivity contribution in [2.24, 2.45) is 0 Å². The van der Waals surface area contributed by atoms with Gasteiger partial charge in [0.05, 0.1) is 10.5 Å². The molecule has 2 aromatic carbocycles. The molecule has 2 heterocycles. The van der Waals surface area contributed by atoms with Gasteiger partial charge in [-0.3, -0.25) is 4.90 Å². The summed E-state index contributed by atoms with van der Waals surface area (Å²) in [5.41, 5.74) is -0.511. The van der Waals surface area contributed by atoms with E-state index >= 15 is 0 Å². The maximum absolute atomic E-state index is 13.5. The Morgan fingerprint density at radius 2 is 1.84 bits per heavy atom. The molecular formula is C21H22F4N2O3S. The topological polar surface area (TPSA) is 49.9 Å². The van der Waals surface area contributed by atoms with Crippen molar-refractivity contribution >= 4 is 10.0 Å². The molecule has 2 aliphatic rings. The second-order valence-corrected chi connectivity index (χ2v) is 9.86. The molecule has 0 radical (unpaired) electrons. The van der Waals surface area contributed by atoms with Gasteiger partial charge in [-0.15, -0.1) is 0 Å². The smallest absolute Gasteiger partial charge is 0.416 e. The molecule has 31 heavy (non-hydrogen) atoms. The lowest BCUT2D eigenvalue weighted by Crippen LogP contribution is -2.51. The van der Waals surface area contributed by atoms with Gasteiger partial charge >= 0.3 is 6.18 Å². The fourth-order valence-electron chi connectivity index (χ4n) is 4.14. The van der Waals surface area contributed by atoms with E-state index in [-0.39, 0.29) is 35.9 Å². The van der Waals surface area contributed by atoms with Gasteiger partial charge in [0.2, 0.25) is 10.0 Å². The van der Waals surface area contributed by atoms with Crippen LogP contribution in [0.5, 0.6) is 5.75 Å². The molecule has 0 aliphatic carbocycles. The van der Waals surface area contributed by atoms with E-state index in [0.29, 0.717) is 36.9 Å². The van der Waals surface area contributed by atoms with E-state index in [9.17, 15) is 26.0 Å². The Bertz CT molecular complexity index is 1070. The molecule has 2 fully saturated rings. The van der Waals surface area contributed by atoms with E-state index < -0.39 is 21.8 Å². The van der Waals surface area contributed by atoms with E-state index in [1.807, 2.05) is 0 Å². The number of hydrogen-bond acceptors (Lipinski definition) is 4. The van der Waals surface area contributed by atoms with Crippen molar-refractivity contribution in [3.05, 3.63) is 59.4 Å². The maximum atomic E-state index is 13.5. The molecule has 2 saturated heterocycles. The van der Waals surface area contributed by atoms with Crippen molar-refractivity contribution in [1.82, 2.24) is 9.21 Å². The van der Waals surface area contributed by atoms with Crippen LogP contribution in [0.3, 0.4) is 0 Å². The third-order valence-electron chi connectivity index (χ3n) is 5.77. The number of ether oxygens (including phenoxy) is 1. The van der Waals surface area contributed by atoms with Crippen molar-refractivity contribution in [3.63, 3.8) is 0 Å². The molecule has 5 nitrogen and oxygen atoms in total. The summed E-state index contributed by atoms with van der Waals surface area (Å²) < 4.78 is 85.6. The molecule has 0 saturated carbocycles. The summed E-state index contributed by atoms with van der Waals surface area (Å²) in [5, 5.41) is 0. The first-order chi connectivity index (χ1) is 14.5. The number of benzene rings is 2. The van der Waals surface area contributed by atoms with Crippen molar-refractivity contribution < 1.29 is 30.7 Å². The molecule has 2 aliphatic heterocycles. The molecule has 0 N–H and O–H groups in total. The average Bonchev–Trinajstić information content (AvgIpc) is 3.11. The van der Waals surface area contributed by atoms with Gasteiger partial charge in [0, 0.05) is 38.6 Å². The number of piperazine rings is 1. The molecular weight excluding hydrogens is 436 g/mol. The monoisotopic (exact) mass is 458 g/mol. The second kappa shape index (κ2) is 8.07. The summed E-state index contributed by atoms with van der Waals surface area (Å²) in [6.45, 7) is 3.10. The van der Waals surface area contributed by atoms with E-state index in [2.05, 4.69) is 4.90 Å². The molecule has 2 atom stereocenters. The predicted molar refractivity (Wildman–Crippen MR) is 106 cm³/mol. The molecule has 0 unspecified atom stereocenters. The summed E-state index contributed by atoms with van der Waals surface area (Å²) >= 11 is 0. The Morgan fingerprint density at radius 3 is 2.55 bits per heavy atom. The Hall–Kier alpha value is -2.17. The summed E-state index contributed by atoms with van der Waals surface area (Å²) in [6.07, 6.45) is -4.21. The summed E-state index contributed by atoms with van der Waals surface area (Å²) in [5.74, 6) is 0.240. The van der Waals surface area contributed by atoms with Gasteiger partial charge in [-0.2, -0.15) is 17.5 Å². The number of sulfonamides is 1. The fourth-order valence-corrected chi connectivity index (χ4v) is 5.65. The standard InChI is InChI=1S/C21H22F4N2O3S/c1-14-9-17(5-6-20(14)22)30-18-11-16-12-27(8-7-26(16)13-18)31(28,29)19-4-2-3-15(10-19)21(23,24)25/h2-6,9-10,16,18H,7-8,11-13H2,1H3/t16-,18-/m0/s1. The predicted octanol–water partition coefficient (Wildman–Crippen LogP) is 3.68. The third kappa shape index (κ3) is 4.56. The van der Waals surface area contributed by atoms with Gasteiger partial charge < -0.3 is 4.74 Å². The zero-order chi connectivity index (χ0) is 22.4. The minimum absolute atomic E-state index is 0.0964. The van der Waals surface area contributed by atoms with Gasteiger partial charge in [0.25, 0.3) is 0 Å². The minimum Gasteiger partial charge on any atom is -0.489 e. The number of fused-ring (bicyclic) bond motifs is 1. The molecule has 0 bridgehead atoms. The maximum Gasteiger partial charge on any atom is 0.416 e. The Balaban J connectivity index is 1.45. The number of rotatable bonds is 4. The Morgan fingerprint density at radius 1 is 1.06 bits per heavy atom. The van der Waals surface area contributed by atoms with Crippen LogP contribution in [0.4, 0.5) is 17.6 Å². The molecule has 10 heteroatoms. The third-order valence-corrected chi connectivity index (χ3v) is 7.63. The SMILES string of the molecule is Cc1cc(O[C@H]2C[C@H]3CN(S(=O)(=O)c4cccc(C(F)(F)F)c4)CCN3C2)ccc1F. The highest BCUT2D eigenvalue weighted by Gasteiger charge is 2.41. The Kier molecular flexibility index (Phi) is 5.74. The van der Waals surface area contributed by atoms with Crippen molar-refractivity contribution in [3.8, 4) is 5.75 Å². The van der Waals surface area contributed by atoms with Crippen LogP contribution in [0, 0.1) is 12.7 Å². The largest absolute Gasteiger partial charge is 0.489 e. The lowest BCUT2D eigenvalue weighted by atomic mass is 10.1. The van der Waals surface area contributed by atoms with Gasteiger partial charge in [-0.05, 0) is 48.9 Å². The lowest BCUT2D eigenvalue weighted by Gasteiger charge is -2.36. The van der Waals surface area contributed by atoms with E-state index in [1.54, 1.807) is 19.1 Å². The number of nitrogens with zero attached hydrogens (tertiary/aromatic N) is 2. The van der Waals surface area contributed by atoms with E-state index in [4.69, 9.17) is 4.74 Å². The van der Waals surface area contributed by atoms with Crippen LogP contribution in [-0.2, 0) is 16.2 Å². The van der Waals surface area contributed by atoms with Crippen LogP contribution in [0.25, 0.3) is 0 Å². The normalized spacial score (nSPS) is 23.0. The second-order valence-electron chi connectivity index (χ2n) is 7.92. The summed E-state index contributed by atoms with van der Waals surface area (Å²) in [4.78, 5) is 1.77. The Labute approximate surface area is 178 Å². The van der Waals surface area contributed by atoms with Gasteiger partial charge in [-0.25, -0.2) is 12.8 Å². The molecule has 4 rings (SSSR count). The summed E-state index contributed by atoms with van der Waals surface area (Å²) in [6, 6.07) is 8.26. The number of hydrogen-bond donors (Lipinski definition) is 0. The van der Waals surface area contributed by atoms with Crippen LogP contribution < -0.4 is 4.74 Å². The fraction of sp³-hybridized carbons (Fsp3) is 0.429. The molecule has 2 aromatic rings. The first-order valence-electron chi connectivity index (χ1n) is 9.88. The van der Waals surface area contributed by atoms with E-state index in [0.717, 1.165) is 12.1 Å². The quantitative estimate of drug-likeness (QED) is 0.656. The van der Waals surface area contributed by atoms with Crippen LogP contribution >= 0.6 is 0 Å². The number of aryl methyl sites for hydroxylation is 1. The zero-order valence-corrected chi connectivity index (χ0v) is 17.6. The number of halogens is 4. The highest BCUT2D eigenvalue weighted by atomic mass is 32.2. The van der Waals surface area contributed by atoms with Crippen LogP contribution in [0.15, 0.2) is 47.4 Å². The van der Waals surface area contributed by atoms with Crippen molar-refractivity contribution in [2.75, 3.05) is 26.2 Å². The van der Waals surface area contributed by atoms with Crippen LogP contribution in [0.1, 0.15) is 17.5 Å². The molecule has 0 spiro atoms. The zero-order valence-electron chi connectivity index (χ0n) is 16.8. The first kappa shape index (κ1) is 22.0. The molecule has 0 amide bonds. The minimum atomic E-state index is -4.61.